The minimum atomic E-state index is -1.44. The average molecular weight is 492 g/mol. The van der Waals surface area contributed by atoms with E-state index in [4.69, 9.17) is 4.84 Å². The van der Waals surface area contributed by atoms with Gasteiger partial charge in [0.2, 0.25) is 5.91 Å². The molecule has 8 nitrogen and oxygen atoms in total. The predicted molar refractivity (Wildman–Crippen MR) is 137 cm³/mol. The van der Waals surface area contributed by atoms with Crippen molar-refractivity contribution in [2.75, 3.05) is 9.96 Å². The van der Waals surface area contributed by atoms with Crippen molar-refractivity contribution in [2.24, 2.45) is 0 Å². The normalized spacial score (nSPS) is 22.8. The second-order valence-corrected chi connectivity index (χ2v) is 8.95. The molecule has 0 radical (unpaired) electrons. The monoisotopic (exact) mass is 491 g/mol. The average Bonchev–Trinajstić information content (AvgIpc) is 3.41. The smallest absolute Gasteiger partial charge is 0.271 e. The number of hydrogen-bond acceptors (Lipinski definition) is 6. The van der Waals surface area contributed by atoms with Crippen LogP contribution in [0.1, 0.15) is 17.2 Å². The fourth-order valence-corrected chi connectivity index (χ4v) is 5.41. The van der Waals surface area contributed by atoms with Crippen LogP contribution >= 0.6 is 0 Å². The van der Waals surface area contributed by atoms with Gasteiger partial charge in [-0.15, -0.1) is 0 Å². The lowest BCUT2D eigenvalue weighted by Gasteiger charge is -2.35. The van der Waals surface area contributed by atoms with E-state index in [2.05, 4.69) is 0 Å². The fraction of sp³-hybridized carbons (Fsp3) is 0.103. The molecule has 0 aliphatic carbocycles. The molecule has 37 heavy (non-hydrogen) atoms. The predicted octanol–water partition coefficient (Wildman–Crippen LogP) is 4.97. The first kappa shape index (κ1) is 22.6. The number of nitro benzene ring substituents is 1. The molecular formula is C29H21N3O5. The number of rotatable bonds is 5. The highest BCUT2D eigenvalue weighted by Gasteiger charge is 2.72. The van der Waals surface area contributed by atoms with Crippen molar-refractivity contribution in [3.8, 4) is 0 Å². The number of imide groups is 1. The number of benzene rings is 4. The Morgan fingerprint density at radius 2 is 1.35 bits per heavy atom. The molecule has 3 atom stereocenters. The van der Waals surface area contributed by atoms with Gasteiger partial charge in [-0.05, 0) is 29.3 Å². The standard InChI is InChI=1S/C29H21N3O5/c33-27-26-29(21-13-6-2-7-14-21,28(34)30(27)23-17-10-18-24(19-23)32(35)36)25(20-11-4-1-5-12-20)31(37-26)22-15-8-3-9-16-22/h1-19,25-26H/t25-,26+,29+/m0/s1. The van der Waals surface area contributed by atoms with Gasteiger partial charge in [-0.25, -0.2) is 9.96 Å². The SMILES string of the molecule is O=C1[C@H]2ON(c3ccccc3)[C@@H](c3ccccc3)[C@@]2(c2ccccc2)C(=O)N1c1cccc([N+](=O)[O-])c1. The Labute approximate surface area is 212 Å². The van der Waals surface area contributed by atoms with Gasteiger partial charge in [-0.3, -0.25) is 24.5 Å². The topological polar surface area (TPSA) is 93.0 Å². The Kier molecular flexibility index (Phi) is 5.31. The number of anilines is 2. The van der Waals surface area contributed by atoms with Gasteiger partial charge in [0.1, 0.15) is 11.5 Å². The van der Waals surface area contributed by atoms with Crippen LogP contribution in [0.2, 0.25) is 0 Å². The van der Waals surface area contributed by atoms with Crippen LogP contribution in [0, 0.1) is 10.1 Å². The number of nitro groups is 1. The summed E-state index contributed by atoms with van der Waals surface area (Å²) in [6, 6.07) is 32.8. The second-order valence-electron chi connectivity index (χ2n) is 8.95. The van der Waals surface area contributed by atoms with Crippen LogP contribution in [0.3, 0.4) is 0 Å². The number of non-ortho nitro benzene ring substituents is 1. The summed E-state index contributed by atoms with van der Waals surface area (Å²) >= 11 is 0. The van der Waals surface area contributed by atoms with Crippen molar-refractivity contribution in [1.29, 1.82) is 0 Å². The van der Waals surface area contributed by atoms with E-state index in [0.717, 1.165) is 10.5 Å². The summed E-state index contributed by atoms with van der Waals surface area (Å²) < 4.78 is 0. The molecular weight excluding hydrogens is 470 g/mol. The van der Waals surface area contributed by atoms with Gasteiger partial charge in [-0.1, -0.05) is 84.9 Å². The number of nitrogens with zero attached hydrogens (tertiary/aromatic N) is 3. The van der Waals surface area contributed by atoms with Gasteiger partial charge in [0.15, 0.2) is 6.10 Å². The van der Waals surface area contributed by atoms with E-state index in [1.54, 1.807) is 5.06 Å². The van der Waals surface area contributed by atoms with Crippen molar-refractivity contribution in [2.45, 2.75) is 17.6 Å². The van der Waals surface area contributed by atoms with Crippen LogP contribution in [0.25, 0.3) is 0 Å². The first-order valence-corrected chi connectivity index (χ1v) is 11.8. The maximum Gasteiger partial charge on any atom is 0.271 e. The Balaban J connectivity index is 1.60. The second kappa shape index (κ2) is 8.69. The highest BCUT2D eigenvalue weighted by molar-refractivity contribution is 6.28. The van der Waals surface area contributed by atoms with Crippen molar-refractivity contribution in [3.63, 3.8) is 0 Å². The number of hydrogen-bond donors (Lipinski definition) is 0. The van der Waals surface area contributed by atoms with E-state index >= 15 is 0 Å². The maximum absolute atomic E-state index is 14.6. The quantitative estimate of drug-likeness (QED) is 0.222. The van der Waals surface area contributed by atoms with E-state index in [0.29, 0.717) is 11.3 Å². The summed E-state index contributed by atoms with van der Waals surface area (Å²) in [5.74, 6) is -1.07. The summed E-state index contributed by atoms with van der Waals surface area (Å²) in [6.45, 7) is 0. The van der Waals surface area contributed by atoms with E-state index in [-0.39, 0.29) is 11.4 Å². The molecule has 0 N–H and O–H groups in total. The fourth-order valence-electron chi connectivity index (χ4n) is 5.41. The van der Waals surface area contributed by atoms with Crippen molar-refractivity contribution in [3.05, 3.63) is 137 Å². The molecule has 0 unspecified atom stereocenters. The Bertz CT molecular complexity index is 1500. The summed E-state index contributed by atoms with van der Waals surface area (Å²) in [7, 11) is 0. The molecule has 8 heteroatoms. The van der Waals surface area contributed by atoms with Gasteiger partial charge in [0, 0.05) is 12.1 Å². The van der Waals surface area contributed by atoms with Gasteiger partial charge >= 0.3 is 0 Å². The minimum absolute atomic E-state index is 0.135. The van der Waals surface area contributed by atoms with Crippen molar-refractivity contribution in [1.82, 2.24) is 0 Å². The highest BCUT2D eigenvalue weighted by atomic mass is 16.7. The molecule has 2 saturated heterocycles. The third-order valence-corrected chi connectivity index (χ3v) is 6.98. The van der Waals surface area contributed by atoms with E-state index < -0.39 is 34.3 Å². The number of amides is 2. The summed E-state index contributed by atoms with van der Waals surface area (Å²) in [6.07, 6.45) is -1.19. The summed E-state index contributed by atoms with van der Waals surface area (Å²) in [5, 5.41) is 13.1. The zero-order chi connectivity index (χ0) is 25.6. The zero-order valence-corrected chi connectivity index (χ0v) is 19.5. The molecule has 2 heterocycles. The minimum Gasteiger partial charge on any atom is -0.273 e. The highest BCUT2D eigenvalue weighted by Crippen LogP contribution is 2.57. The Hall–Kier alpha value is -4.82. The van der Waals surface area contributed by atoms with Gasteiger partial charge < -0.3 is 0 Å². The molecule has 0 bridgehead atoms. The maximum atomic E-state index is 14.6. The molecule has 0 spiro atoms. The zero-order valence-electron chi connectivity index (χ0n) is 19.5. The van der Waals surface area contributed by atoms with Gasteiger partial charge in [0.25, 0.3) is 11.6 Å². The summed E-state index contributed by atoms with van der Waals surface area (Å²) in [5.41, 5.74) is 0.591. The molecule has 2 aliphatic heterocycles. The number of fused-ring (bicyclic) bond motifs is 1. The molecule has 2 fully saturated rings. The molecule has 182 valence electrons. The first-order chi connectivity index (χ1) is 18.0. The van der Waals surface area contributed by atoms with Crippen LogP contribution in [0.5, 0.6) is 0 Å². The molecule has 0 aromatic heterocycles. The van der Waals surface area contributed by atoms with Crippen LogP contribution in [-0.4, -0.2) is 22.8 Å². The third kappa shape index (κ3) is 3.34. The van der Waals surface area contributed by atoms with Gasteiger partial charge in [-0.2, -0.15) is 0 Å². The van der Waals surface area contributed by atoms with E-state index in [1.165, 1.54) is 24.3 Å². The number of hydroxylamine groups is 1. The molecule has 6 rings (SSSR count). The number of carbonyl (C=O) groups excluding carboxylic acids is 2. The van der Waals surface area contributed by atoms with Crippen LogP contribution < -0.4 is 9.96 Å². The van der Waals surface area contributed by atoms with E-state index in [1.807, 2.05) is 91.0 Å². The summed E-state index contributed by atoms with van der Waals surface area (Å²) in [4.78, 5) is 46.9. The molecule has 4 aromatic carbocycles. The lowest BCUT2D eigenvalue weighted by molar-refractivity contribution is -0.384. The Morgan fingerprint density at radius 1 is 0.757 bits per heavy atom. The van der Waals surface area contributed by atoms with Crippen LogP contribution in [0.4, 0.5) is 17.1 Å². The van der Waals surface area contributed by atoms with E-state index in [9.17, 15) is 19.7 Å². The van der Waals surface area contributed by atoms with Crippen molar-refractivity contribution < 1.29 is 19.3 Å². The molecule has 0 saturated carbocycles. The lowest BCUT2D eigenvalue weighted by Crippen LogP contribution is -2.46. The Morgan fingerprint density at radius 3 is 2.00 bits per heavy atom. The first-order valence-electron chi connectivity index (χ1n) is 11.8. The van der Waals surface area contributed by atoms with Crippen LogP contribution in [-0.2, 0) is 19.8 Å². The third-order valence-electron chi connectivity index (χ3n) is 6.98. The van der Waals surface area contributed by atoms with Crippen LogP contribution in [0.15, 0.2) is 115 Å². The molecule has 4 aromatic rings. The molecule has 2 amide bonds. The molecule has 2 aliphatic rings. The largest absolute Gasteiger partial charge is 0.273 e. The van der Waals surface area contributed by atoms with Crippen molar-refractivity contribution >= 4 is 28.9 Å². The number of carbonyl (C=O) groups is 2. The number of para-hydroxylation sites is 1. The van der Waals surface area contributed by atoms with Gasteiger partial charge in [0.05, 0.1) is 16.3 Å². The lowest BCUT2D eigenvalue weighted by atomic mass is 9.69.